The van der Waals surface area contributed by atoms with Crippen LogP contribution < -0.4 is 9.47 Å². The Kier molecular flexibility index (Phi) is 5.33. The quantitative estimate of drug-likeness (QED) is 0.368. The molecule has 0 amide bonds. The van der Waals surface area contributed by atoms with Gasteiger partial charge in [-0.15, -0.1) is 0 Å². The predicted molar refractivity (Wildman–Crippen MR) is 114 cm³/mol. The van der Waals surface area contributed by atoms with Crippen molar-refractivity contribution in [3.63, 3.8) is 0 Å². The summed E-state index contributed by atoms with van der Waals surface area (Å²) in [5.74, 6) is 1.44. The topological polar surface area (TPSA) is 49.2 Å². The molecule has 2 aromatic heterocycles. The Balaban J connectivity index is 1.95. The van der Waals surface area contributed by atoms with Crippen LogP contribution in [0.25, 0.3) is 33.1 Å². The summed E-state index contributed by atoms with van der Waals surface area (Å²) in [7, 11) is 0. The van der Waals surface area contributed by atoms with E-state index in [1.54, 1.807) is 0 Å². The second-order valence-electron chi connectivity index (χ2n) is 6.93. The van der Waals surface area contributed by atoms with Gasteiger partial charge in [-0.1, -0.05) is 38.0 Å². The van der Waals surface area contributed by atoms with Gasteiger partial charge in [0.05, 0.1) is 29.8 Å². The van der Waals surface area contributed by atoms with Crippen LogP contribution in [-0.2, 0) is 6.54 Å². The number of fused-ring (bicyclic) bond motifs is 4. The van der Waals surface area contributed by atoms with Gasteiger partial charge >= 0.3 is 0 Å². The molecule has 0 radical (unpaired) electrons. The maximum Gasteiger partial charge on any atom is 0.163 e. The third kappa shape index (κ3) is 3.26. The van der Waals surface area contributed by atoms with Crippen LogP contribution >= 0.6 is 0 Å². The average molecular weight is 377 g/mol. The molecule has 2 aromatic carbocycles. The average Bonchev–Trinajstić information content (AvgIpc) is 3.01. The smallest absolute Gasteiger partial charge is 0.163 e. The van der Waals surface area contributed by atoms with Gasteiger partial charge in [0.15, 0.2) is 17.1 Å². The van der Waals surface area contributed by atoms with Gasteiger partial charge in [0.1, 0.15) is 5.52 Å². The molecule has 0 fully saturated rings. The van der Waals surface area contributed by atoms with Crippen LogP contribution in [0.2, 0.25) is 0 Å². The lowest BCUT2D eigenvalue weighted by Crippen LogP contribution is -2.01. The molecule has 2 heterocycles. The van der Waals surface area contributed by atoms with E-state index in [-0.39, 0.29) is 0 Å². The Bertz CT molecular complexity index is 1120. The predicted octanol–water partition coefficient (Wildman–Crippen LogP) is 5.73. The van der Waals surface area contributed by atoms with E-state index in [9.17, 15) is 0 Å². The van der Waals surface area contributed by atoms with Gasteiger partial charge in [-0.25, -0.2) is 9.97 Å². The zero-order valence-corrected chi connectivity index (χ0v) is 16.9. The molecule has 5 heteroatoms. The first-order chi connectivity index (χ1) is 13.8. The molecule has 146 valence electrons. The fourth-order valence-corrected chi connectivity index (χ4v) is 3.73. The molecule has 0 saturated carbocycles. The number of para-hydroxylation sites is 1. The number of unbranched alkanes of at least 4 members (excludes halogenated alkanes) is 2. The van der Waals surface area contributed by atoms with Crippen molar-refractivity contribution in [1.82, 2.24) is 14.5 Å². The monoisotopic (exact) mass is 377 g/mol. The fourth-order valence-electron chi connectivity index (χ4n) is 3.73. The maximum atomic E-state index is 5.78. The Hall–Kier alpha value is -2.82. The highest BCUT2D eigenvalue weighted by molar-refractivity contribution is 6.06. The number of aryl methyl sites for hydroxylation is 1. The normalized spacial score (nSPS) is 11.5. The molecule has 0 unspecified atom stereocenters. The molecule has 0 spiro atoms. The minimum atomic E-state index is 0.581. The molecule has 0 aliphatic rings. The van der Waals surface area contributed by atoms with Crippen molar-refractivity contribution in [2.45, 2.75) is 46.6 Å². The fraction of sp³-hybridized carbons (Fsp3) is 0.391. The van der Waals surface area contributed by atoms with E-state index < -0.39 is 0 Å². The van der Waals surface area contributed by atoms with Crippen LogP contribution in [0.4, 0.5) is 0 Å². The van der Waals surface area contributed by atoms with Crippen LogP contribution in [-0.4, -0.2) is 27.7 Å². The van der Waals surface area contributed by atoms with Crippen LogP contribution in [0, 0.1) is 0 Å². The second-order valence-corrected chi connectivity index (χ2v) is 6.93. The second kappa shape index (κ2) is 8.05. The molecule has 0 aliphatic carbocycles. The lowest BCUT2D eigenvalue weighted by molar-refractivity contribution is 0.288. The minimum Gasteiger partial charge on any atom is -0.490 e. The van der Waals surface area contributed by atoms with E-state index in [0.717, 1.165) is 52.0 Å². The van der Waals surface area contributed by atoms with Crippen molar-refractivity contribution in [3.8, 4) is 11.5 Å². The zero-order valence-electron chi connectivity index (χ0n) is 16.9. The Labute approximate surface area is 165 Å². The first kappa shape index (κ1) is 18.5. The Morgan fingerprint density at radius 1 is 0.857 bits per heavy atom. The third-order valence-corrected chi connectivity index (χ3v) is 5.00. The lowest BCUT2D eigenvalue weighted by atomic mass is 10.2. The molecule has 0 atom stereocenters. The number of ether oxygens (including phenoxy) is 2. The SMILES string of the molecule is CCCCCn1c2ccccc2c2nc3cc(OCC)c(OCC)cc3nc21. The van der Waals surface area contributed by atoms with Gasteiger partial charge in [0.2, 0.25) is 0 Å². The third-order valence-electron chi connectivity index (χ3n) is 5.00. The van der Waals surface area contributed by atoms with E-state index >= 15 is 0 Å². The molecule has 0 saturated heterocycles. The summed E-state index contributed by atoms with van der Waals surface area (Å²) in [5.41, 5.74) is 4.75. The molecular weight excluding hydrogens is 350 g/mol. The van der Waals surface area contributed by atoms with Gasteiger partial charge in [-0.3, -0.25) is 0 Å². The maximum absolute atomic E-state index is 5.78. The molecule has 28 heavy (non-hydrogen) atoms. The first-order valence-electron chi connectivity index (χ1n) is 10.2. The zero-order chi connectivity index (χ0) is 19.5. The van der Waals surface area contributed by atoms with E-state index in [1.165, 1.54) is 18.4 Å². The van der Waals surface area contributed by atoms with Crippen LogP contribution in [0.5, 0.6) is 11.5 Å². The molecule has 0 N–H and O–H groups in total. The van der Waals surface area contributed by atoms with E-state index in [1.807, 2.05) is 26.0 Å². The molecule has 0 bridgehead atoms. The number of aromatic nitrogens is 3. The summed E-state index contributed by atoms with van der Waals surface area (Å²) < 4.78 is 13.9. The van der Waals surface area contributed by atoms with Crippen molar-refractivity contribution >= 4 is 33.1 Å². The summed E-state index contributed by atoms with van der Waals surface area (Å²) in [6.45, 7) is 8.29. The van der Waals surface area contributed by atoms with E-state index in [2.05, 4.69) is 35.8 Å². The van der Waals surface area contributed by atoms with Gasteiger partial charge in [-0.05, 0) is 26.3 Å². The van der Waals surface area contributed by atoms with Gasteiger partial charge < -0.3 is 14.0 Å². The summed E-state index contributed by atoms with van der Waals surface area (Å²) in [6, 6.07) is 12.3. The number of rotatable bonds is 8. The van der Waals surface area contributed by atoms with Crippen molar-refractivity contribution in [2.75, 3.05) is 13.2 Å². The van der Waals surface area contributed by atoms with Crippen molar-refractivity contribution in [1.29, 1.82) is 0 Å². The highest BCUT2D eigenvalue weighted by Gasteiger charge is 2.16. The number of benzene rings is 2. The molecular formula is C23H27N3O2. The molecule has 5 nitrogen and oxygen atoms in total. The van der Waals surface area contributed by atoms with Crippen LogP contribution in [0.1, 0.15) is 40.0 Å². The van der Waals surface area contributed by atoms with E-state index in [4.69, 9.17) is 19.4 Å². The molecule has 4 aromatic rings. The summed E-state index contributed by atoms with van der Waals surface area (Å²) in [6.07, 6.45) is 3.54. The van der Waals surface area contributed by atoms with Gasteiger partial charge in [0, 0.05) is 24.1 Å². The lowest BCUT2D eigenvalue weighted by Gasteiger charge is -2.12. The van der Waals surface area contributed by atoms with Crippen molar-refractivity contribution < 1.29 is 9.47 Å². The number of nitrogens with zero attached hydrogens (tertiary/aromatic N) is 3. The largest absolute Gasteiger partial charge is 0.490 e. The number of hydrogen-bond acceptors (Lipinski definition) is 4. The molecule has 4 rings (SSSR count). The highest BCUT2D eigenvalue weighted by Crippen LogP contribution is 2.34. The summed E-state index contributed by atoms with van der Waals surface area (Å²) in [5, 5.41) is 1.15. The first-order valence-corrected chi connectivity index (χ1v) is 10.2. The van der Waals surface area contributed by atoms with E-state index in [0.29, 0.717) is 13.2 Å². The summed E-state index contributed by atoms with van der Waals surface area (Å²) in [4.78, 5) is 9.98. The highest BCUT2D eigenvalue weighted by atomic mass is 16.5. The Morgan fingerprint density at radius 2 is 1.54 bits per heavy atom. The number of hydrogen-bond donors (Lipinski definition) is 0. The van der Waals surface area contributed by atoms with Crippen molar-refractivity contribution in [3.05, 3.63) is 36.4 Å². The standard InChI is InChI=1S/C23H27N3O2/c1-4-7-10-13-26-19-12-9-8-11-16(19)22-23(26)25-18-15-21(28-6-3)20(27-5-2)14-17(18)24-22/h8-9,11-12,14-15H,4-7,10,13H2,1-3H3. The minimum absolute atomic E-state index is 0.581. The van der Waals surface area contributed by atoms with Crippen LogP contribution in [0.15, 0.2) is 36.4 Å². The van der Waals surface area contributed by atoms with Crippen molar-refractivity contribution in [2.24, 2.45) is 0 Å². The summed E-state index contributed by atoms with van der Waals surface area (Å²) >= 11 is 0. The van der Waals surface area contributed by atoms with Gasteiger partial charge in [0.25, 0.3) is 0 Å². The van der Waals surface area contributed by atoms with Crippen LogP contribution in [0.3, 0.4) is 0 Å². The molecule has 0 aliphatic heterocycles. The van der Waals surface area contributed by atoms with Gasteiger partial charge in [-0.2, -0.15) is 0 Å². The Morgan fingerprint density at radius 3 is 2.21 bits per heavy atom.